The Labute approximate surface area is 182 Å². The summed E-state index contributed by atoms with van der Waals surface area (Å²) in [6.45, 7) is 8.90. The molecule has 166 valence electrons. The molecule has 1 unspecified atom stereocenters. The molecule has 2 rings (SSSR count). The van der Waals surface area contributed by atoms with Crippen LogP contribution in [-0.2, 0) is 10.0 Å². The Morgan fingerprint density at radius 2 is 1.50 bits per heavy atom. The summed E-state index contributed by atoms with van der Waals surface area (Å²) >= 11 is 0. The quantitative estimate of drug-likeness (QED) is 0.510. The van der Waals surface area contributed by atoms with Crippen molar-refractivity contribution in [2.24, 2.45) is 0 Å². The number of anilines is 1. The lowest BCUT2D eigenvalue weighted by Gasteiger charge is -2.29. The lowest BCUT2D eigenvalue weighted by atomic mass is 10.2. The van der Waals surface area contributed by atoms with Crippen molar-refractivity contribution in [1.29, 1.82) is 0 Å². The first-order chi connectivity index (χ1) is 14.4. The molecule has 0 aliphatic carbocycles. The van der Waals surface area contributed by atoms with Gasteiger partial charge in [-0.1, -0.05) is 62.6 Å². The van der Waals surface area contributed by atoms with Gasteiger partial charge in [-0.05, 0) is 44.0 Å². The van der Waals surface area contributed by atoms with Crippen LogP contribution in [0, 0.1) is 6.92 Å². The van der Waals surface area contributed by atoms with Gasteiger partial charge in [-0.25, -0.2) is 8.42 Å². The summed E-state index contributed by atoms with van der Waals surface area (Å²) < 4.78 is 28.1. The third-order valence-corrected chi connectivity index (χ3v) is 7.13. The Morgan fingerprint density at radius 1 is 0.933 bits per heavy atom. The maximum absolute atomic E-state index is 13.4. The van der Waals surface area contributed by atoms with E-state index >= 15 is 0 Å². The molecule has 5 nitrogen and oxygen atoms in total. The first kappa shape index (κ1) is 24.4. The van der Waals surface area contributed by atoms with Crippen molar-refractivity contribution in [2.75, 3.05) is 30.5 Å². The molecule has 6 heteroatoms. The molecule has 0 fully saturated rings. The molecular weight excluding hydrogens is 396 g/mol. The standard InChI is InChI=1S/C24H36N2O3S/c1-4-6-17-25(18-7-5-2)19-23(27)20-26(22-15-13-21(3)14-16-22)30(28,29)24-11-9-8-10-12-24/h8-16,23,27H,4-7,17-20H2,1-3H3/p+1. The molecule has 0 heterocycles. The highest BCUT2D eigenvalue weighted by Crippen LogP contribution is 2.24. The predicted octanol–water partition coefficient (Wildman–Crippen LogP) is 3.04. The minimum Gasteiger partial charge on any atom is -0.385 e. The average Bonchev–Trinajstić information content (AvgIpc) is 2.75. The van der Waals surface area contributed by atoms with Crippen LogP contribution in [0.1, 0.15) is 45.1 Å². The normalized spacial score (nSPS) is 12.8. The maximum Gasteiger partial charge on any atom is 0.264 e. The summed E-state index contributed by atoms with van der Waals surface area (Å²) in [7, 11) is -3.77. The number of hydrogen-bond donors (Lipinski definition) is 2. The lowest BCUT2D eigenvalue weighted by molar-refractivity contribution is -0.903. The number of rotatable bonds is 13. The van der Waals surface area contributed by atoms with E-state index < -0.39 is 16.1 Å². The van der Waals surface area contributed by atoms with Gasteiger partial charge in [0.1, 0.15) is 12.6 Å². The first-order valence-corrected chi connectivity index (χ1v) is 12.5. The molecule has 0 radical (unpaired) electrons. The first-order valence-electron chi connectivity index (χ1n) is 11.0. The van der Waals surface area contributed by atoms with E-state index in [-0.39, 0.29) is 11.4 Å². The van der Waals surface area contributed by atoms with Crippen LogP contribution in [0.5, 0.6) is 0 Å². The Hall–Kier alpha value is -1.89. The molecule has 0 saturated heterocycles. The fraction of sp³-hybridized carbons (Fsp3) is 0.500. The second kappa shape index (κ2) is 12.1. The number of aliphatic hydroxyl groups is 1. The second-order valence-corrected chi connectivity index (χ2v) is 9.86. The predicted molar refractivity (Wildman–Crippen MR) is 124 cm³/mol. The zero-order chi connectivity index (χ0) is 22.0. The molecule has 1 atom stereocenters. The molecule has 0 bridgehead atoms. The number of nitrogens with one attached hydrogen (secondary N) is 1. The van der Waals surface area contributed by atoms with Crippen molar-refractivity contribution in [2.45, 2.75) is 57.5 Å². The van der Waals surface area contributed by atoms with Crippen LogP contribution >= 0.6 is 0 Å². The van der Waals surface area contributed by atoms with Crippen molar-refractivity contribution in [3.63, 3.8) is 0 Å². The van der Waals surface area contributed by atoms with Crippen LogP contribution in [0.4, 0.5) is 5.69 Å². The number of hydrogen-bond acceptors (Lipinski definition) is 3. The van der Waals surface area contributed by atoms with E-state index in [1.807, 2.05) is 19.1 Å². The van der Waals surface area contributed by atoms with Crippen molar-refractivity contribution in [3.8, 4) is 0 Å². The SMILES string of the molecule is CCCC[NH+](CCCC)CC(O)CN(c1ccc(C)cc1)S(=O)(=O)c1ccccc1. The monoisotopic (exact) mass is 433 g/mol. The van der Waals surface area contributed by atoms with Crippen molar-refractivity contribution in [1.82, 2.24) is 0 Å². The summed E-state index contributed by atoms with van der Waals surface area (Å²) in [6, 6.07) is 15.8. The molecular formula is C24H37N2O3S+. The van der Waals surface area contributed by atoms with Gasteiger partial charge >= 0.3 is 0 Å². The molecule has 0 amide bonds. The third kappa shape index (κ3) is 7.11. The van der Waals surface area contributed by atoms with Crippen LogP contribution in [0.25, 0.3) is 0 Å². The molecule has 0 aliphatic heterocycles. The van der Waals surface area contributed by atoms with Gasteiger partial charge in [0.2, 0.25) is 0 Å². The summed E-state index contributed by atoms with van der Waals surface area (Å²) in [5, 5.41) is 10.9. The van der Waals surface area contributed by atoms with E-state index in [0.717, 1.165) is 44.3 Å². The van der Waals surface area contributed by atoms with E-state index in [0.29, 0.717) is 12.2 Å². The van der Waals surface area contributed by atoms with Crippen LogP contribution in [0.3, 0.4) is 0 Å². The van der Waals surface area contributed by atoms with Gasteiger partial charge in [0.15, 0.2) is 0 Å². The largest absolute Gasteiger partial charge is 0.385 e. The molecule has 30 heavy (non-hydrogen) atoms. The highest BCUT2D eigenvalue weighted by atomic mass is 32.2. The zero-order valence-electron chi connectivity index (χ0n) is 18.5. The molecule has 0 saturated carbocycles. The van der Waals surface area contributed by atoms with E-state index in [2.05, 4.69) is 13.8 Å². The van der Waals surface area contributed by atoms with Gasteiger partial charge in [0.05, 0.1) is 30.2 Å². The number of benzene rings is 2. The van der Waals surface area contributed by atoms with E-state index in [9.17, 15) is 13.5 Å². The molecule has 2 aromatic rings. The van der Waals surface area contributed by atoms with E-state index in [4.69, 9.17) is 0 Å². The molecule has 0 aliphatic rings. The topological polar surface area (TPSA) is 62.1 Å². The molecule has 0 aromatic heterocycles. The number of aryl methyl sites for hydroxylation is 1. The molecule has 2 aromatic carbocycles. The molecule has 2 N–H and O–H groups in total. The van der Waals surface area contributed by atoms with Gasteiger partial charge in [-0.2, -0.15) is 0 Å². The number of unbranched alkanes of at least 4 members (excludes halogenated alkanes) is 2. The smallest absolute Gasteiger partial charge is 0.264 e. The second-order valence-electron chi connectivity index (χ2n) is 8.00. The van der Waals surface area contributed by atoms with E-state index in [1.54, 1.807) is 42.5 Å². The fourth-order valence-electron chi connectivity index (χ4n) is 3.54. The van der Waals surface area contributed by atoms with Crippen LogP contribution in [0.2, 0.25) is 0 Å². The number of sulfonamides is 1. The average molecular weight is 434 g/mol. The fourth-order valence-corrected chi connectivity index (χ4v) is 5.07. The summed E-state index contributed by atoms with van der Waals surface area (Å²) in [6.07, 6.45) is 3.70. The lowest BCUT2D eigenvalue weighted by Crippen LogP contribution is -3.13. The zero-order valence-corrected chi connectivity index (χ0v) is 19.4. The highest BCUT2D eigenvalue weighted by Gasteiger charge is 2.28. The van der Waals surface area contributed by atoms with Gasteiger partial charge in [0.25, 0.3) is 10.0 Å². The molecule has 0 spiro atoms. The van der Waals surface area contributed by atoms with Gasteiger partial charge in [-0.15, -0.1) is 0 Å². The number of nitrogens with zero attached hydrogens (tertiary/aromatic N) is 1. The van der Waals surface area contributed by atoms with Crippen LogP contribution in [-0.4, -0.2) is 45.8 Å². The van der Waals surface area contributed by atoms with Crippen LogP contribution < -0.4 is 9.21 Å². The van der Waals surface area contributed by atoms with Crippen molar-refractivity contribution < 1.29 is 18.4 Å². The minimum absolute atomic E-state index is 0.0437. The number of quaternary nitrogens is 1. The van der Waals surface area contributed by atoms with Crippen molar-refractivity contribution in [3.05, 3.63) is 60.2 Å². The minimum atomic E-state index is -3.77. The summed E-state index contributed by atoms with van der Waals surface area (Å²) in [5.41, 5.74) is 1.64. The van der Waals surface area contributed by atoms with E-state index in [1.165, 1.54) is 9.21 Å². The van der Waals surface area contributed by atoms with Crippen LogP contribution in [0.15, 0.2) is 59.5 Å². The Balaban J connectivity index is 2.25. The Kier molecular flexibility index (Phi) is 9.82. The number of aliphatic hydroxyl groups excluding tert-OH is 1. The summed E-state index contributed by atoms with van der Waals surface area (Å²) in [4.78, 5) is 1.58. The Morgan fingerprint density at radius 3 is 2.03 bits per heavy atom. The Bertz CT molecular complexity index is 831. The summed E-state index contributed by atoms with van der Waals surface area (Å²) in [5.74, 6) is 0. The van der Waals surface area contributed by atoms with Gasteiger partial charge in [-0.3, -0.25) is 4.31 Å². The van der Waals surface area contributed by atoms with Gasteiger partial charge < -0.3 is 10.0 Å². The van der Waals surface area contributed by atoms with Gasteiger partial charge in [0, 0.05) is 0 Å². The highest BCUT2D eigenvalue weighted by molar-refractivity contribution is 7.92. The maximum atomic E-state index is 13.4. The van der Waals surface area contributed by atoms with Crippen molar-refractivity contribution >= 4 is 15.7 Å². The third-order valence-electron chi connectivity index (χ3n) is 5.32.